The molecule has 6 nitrogen and oxygen atoms in total. The maximum atomic E-state index is 13.0. The average Bonchev–Trinajstić information content (AvgIpc) is 2.64. The van der Waals surface area contributed by atoms with Gasteiger partial charge < -0.3 is 4.55 Å². The molecule has 1 aromatic carbocycles. The Bertz CT molecular complexity index is 1120. The van der Waals surface area contributed by atoms with Crippen molar-refractivity contribution in [2.45, 2.75) is 39.4 Å². The zero-order valence-electron chi connectivity index (χ0n) is 17.0. The SMILES string of the molecule is CC(=N[S@+]([O-])C(C)(C)C)c1cc(C)cc2c(=O)n(C)c(-c3ccccn3)nc12. The van der Waals surface area contributed by atoms with Crippen LogP contribution in [-0.4, -0.2) is 29.5 Å². The van der Waals surface area contributed by atoms with Gasteiger partial charge in [0, 0.05) is 18.8 Å². The predicted octanol–water partition coefficient (Wildman–Crippen LogP) is 3.58. The molecule has 0 fully saturated rings. The number of fused-ring (bicyclic) bond motifs is 1. The van der Waals surface area contributed by atoms with Crippen molar-refractivity contribution in [2.75, 3.05) is 0 Å². The van der Waals surface area contributed by atoms with Crippen LogP contribution in [0.2, 0.25) is 0 Å². The number of hydrogen-bond donors (Lipinski definition) is 0. The van der Waals surface area contributed by atoms with E-state index >= 15 is 0 Å². The van der Waals surface area contributed by atoms with Crippen molar-refractivity contribution in [2.24, 2.45) is 11.4 Å². The van der Waals surface area contributed by atoms with Crippen LogP contribution in [0, 0.1) is 6.92 Å². The molecule has 3 rings (SSSR count). The number of aryl methyl sites for hydroxylation is 1. The second kappa shape index (κ2) is 7.48. The van der Waals surface area contributed by atoms with Gasteiger partial charge in [-0.3, -0.25) is 14.3 Å². The molecule has 0 saturated heterocycles. The number of aromatic nitrogens is 3. The Morgan fingerprint density at radius 2 is 1.96 bits per heavy atom. The van der Waals surface area contributed by atoms with Crippen LogP contribution in [0.25, 0.3) is 22.4 Å². The Kier molecular flexibility index (Phi) is 5.41. The predicted molar refractivity (Wildman–Crippen MR) is 115 cm³/mol. The second-order valence-corrected chi connectivity index (χ2v) is 9.67. The Morgan fingerprint density at radius 1 is 1.25 bits per heavy atom. The van der Waals surface area contributed by atoms with Crippen LogP contribution in [0.5, 0.6) is 0 Å². The third-order valence-electron chi connectivity index (χ3n) is 4.35. The van der Waals surface area contributed by atoms with E-state index in [4.69, 9.17) is 4.98 Å². The van der Waals surface area contributed by atoms with Gasteiger partial charge >= 0.3 is 0 Å². The summed E-state index contributed by atoms with van der Waals surface area (Å²) in [5.74, 6) is 0.480. The zero-order valence-corrected chi connectivity index (χ0v) is 17.8. The monoisotopic (exact) mass is 396 g/mol. The highest BCUT2D eigenvalue weighted by Crippen LogP contribution is 2.23. The standard InChI is InChI=1S/C21H24N4O2S/c1-13-11-15(14(2)24-28(27)21(3,4)5)18-16(12-13)20(26)25(6)19(23-18)17-9-7-8-10-22-17/h7-12H,1-6H3/t28-/m1/s1. The van der Waals surface area contributed by atoms with E-state index < -0.39 is 16.1 Å². The molecule has 0 amide bonds. The van der Waals surface area contributed by atoms with Crippen molar-refractivity contribution in [3.05, 3.63) is 58.0 Å². The molecule has 0 saturated carbocycles. The third-order valence-corrected chi connectivity index (χ3v) is 5.84. The molecule has 3 aromatic rings. The summed E-state index contributed by atoms with van der Waals surface area (Å²) in [7, 11) is 1.69. The number of benzene rings is 1. The van der Waals surface area contributed by atoms with Crippen LogP contribution >= 0.6 is 0 Å². The van der Waals surface area contributed by atoms with Crippen LogP contribution in [0.1, 0.15) is 38.8 Å². The van der Waals surface area contributed by atoms with E-state index in [1.807, 2.05) is 58.0 Å². The molecule has 2 heterocycles. The lowest BCUT2D eigenvalue weighted by atomic mass is 10.0. The maximum absolute atomic E-state index is 13.0. The second-order valence-electron chi connectivity index (χ2n) is 7.76. The van der Waals surface area contributed by atoms with Crippen molar-refractivity contribution >= 4 is 28.0 Å². The van der Waals surface area contributed by atoms with Crippen molar-refractivity contribution in [3.8, 4) is 11.5 Å². The first kappa shape index (κ1) is 20.2. The molecule has 28 heavy (non-hydrogen) atoms. The minimum absolute atomic E-state index is 0.152. The average molecular weight is 397 g/mol. The molecule has 0 unspecified atom stereocenters. The molecular formula is C21H24N4O2S. The number of rotatable bonds is 3. The Morgan fingerprint density at radius 3 is 2.57 bits per heavy atom. The van der Waals surface area contributed by atoms with Crippen LogP contribution in [0.15, 0.2) is 45.7 Å². The Labute approximate surface area is 167 Å². The summed E-state index contributed by atoms with van der Waals surface area (Å²) in [6, 6.07) is 9.24. The fraction of sp³-hybridized carbons (Fsp3) is 0.333. The molecule has 0 aliphatic heterocycles. The van der Waals surface area contributed by atoms with Gasteiger partial charge in [0.1, 0.15) is 21.8 Å². The molecule has 0 aliphatic carbocycles. The Balaban J connectivity index is 2.31. The number of nitrogens with zero attached hydrogens (tertiary/aromatic N) is 4. The summed E-state index contributed by atoms with van der Waals surface area (Å²) in [6.07, 6.45) is 1.67. The van der Waals surface area contributed by atoms with Gasteiger partial charge in [-0.05, 0) is 64.4 Å². The quantitative estimate of drug-likeness (QED) is 0.500. The Hall–Kier alpha value is -2.51. The van der Waals surface area contributed by atoms with Crippen molar-refractivity contribution in [1.82, 2.24) is 14.5 Å². The van der Waals surface area contributed by atoms with Gasteiger partial charge in [-0.15, -0.1) is 0 Å². The largest absolute Gasteiger partial charge is 0.591 e. The van der Waals surface area contributed by atoms with Crippen LogP contribution in [0.4, 0.5) is 0 Å². The van der Waals surface area contributed by atoms with Crippen molar-refractivity contribution in [1.29, 1.82) is 0 Å². The maximum Gasteiger partial charge on any atom is 0.261 e. The lowest BCUT2D eigenvalue weighted by Gasteiger charge is -2.19. The lowest BCUT2D eigenvalue weighted by molar-refractivity contribution is 0.561. The third kappa shape index (κ3) is 3.86. The summed E-state index contributed by atoms with van der Waals surface area (Å²) in [5, 5.41) is 0.508. The fourth-order valence-corrected chi connectivity index (χ4v) is 3.45. The molecule has 7 heteroatoms. The summed E-state index contributed by atoms with van der Waals surface area (Å²) in [6.45, 7) is 9.35. The van der Waals surface area contributed by atoms with E-state index in [-0.39, 0.29) is 5.56 Å². The smallest absolute Gasteiger partial charge is 0.261 e. The van der Waals surface area contributed by atoms with Gasteiger partial charge in [0.2, 0.25) is 0 Å². The molecule has 0 radical (unpaired) electrons. The number of hydrogen-bond acceptors (Lipinski definition) is 5. The minimum Gasteiger partial charge on any atom is -0.591 e. The fourth-order valence-electron chi connectivity index (χ4n) is 2.83. The molecule has 2 aromatic heterocycles. The lowest BCUT2D eigenvalue weighted by Crippen LogP contribution is -2.27. The molecule has 0 aliphatic rings. The summed E-state index contributed by atoms with van der Waals surface area (Å²) < 4.78 is 17.9. The van der Waals surface area contributed by atoms with E-state index in [1.165, 1.54) is 4.57 Å². The van der Waals surface area contributed by atoms with E-state index in [2.05, 4.69) is 9.38 Å². The first-order chi connectivity index (χ1) is 13.1. The first-order valence-electron chi connectivity index (χ1n) is 9.00. The van der Waals surface area contributed by atoms with Gasteiger partial charge in [0.25, 0.3) is 5.56 Å². The van der Waals surface area contributed by atoms with Gasteiger partial charge in [0.15, 0.2) is 5.82 Å². The highest BCUT2D eigenvalue weighted by molar-refractivity contribution is 7.91. The molecule has 0 bridgehead atoms. The summed E-state index contributed by atoms with van der Waals surface area (Å²) >= 11 is -1.40. The first-order valence-corrected chi connectivity index (χ1v) is 10.1. The normalized spacial score (nSPS) is 13.8. The van der Waals surface area contributed by atoms with E-state index in [0.29, 0.717) is 33.7 Å². The zero-order chi connectivity index (χ0) is 20.6. The molecule has 0 N–H and O–H groups in total. The van der Waals surface area contributed by atoms with Gasteiger partial charge in [-0.25, -0.2) is 4.98 Å². The summed E-state index contributed by atoms with van der Waals surface area (Å²) in [4.78, 5) is 22.1. The van der Waals surface area contributed by atoms with Gasteiger partial charge in [-0.2, -0.15) is 0 Å². The van der Waals surface area contributed by atoms with E-state index in [9.17, 15) is 9.35 Å². The van der Waals surface area contributed by atoms with Crippen molar-refractivity contribution < 1.29 is 4.55 Å². The van der Waals surface area contributed by atoms with E-state index in [0.717, 1.165) is 5.56 Å². The van der Waals surface area contributed by atoms with E-state index in [1.54, 1.807) is 20.2 Å². The van der Waals surface area contributed by atoms with Crippen molar-refractivity contribution in [3.63, 3.8) is 0 Å². The molecular weight excluding hydrogens is 372 g/mol. The number of pyridine rings is 1. The molecule has 146 valence electrons. The highest BCUT2D eigenvalue weighted by Gasteiger charge is 2.27. The van der Waals surface area contributed by atoms with Crippen LogP contribution in [-0.2, 0) is 18.4 Å². The molecule has 1 atom stereocenters. The topological polar surface area (TPSA) is 83.2 Å². The highest BCUT2D eigenvalue weighted by atomic mass is 32.2. The van der Waals surface area contributed by atoms with Crippen LogP contribution < -0.4 is 5.56 Å². The summed E-state index contributed by atoms with van der Waals surface area (Å²) in [5.41, 5.74) is 3.23. The van der Waals surface area contributed by atoms with Gasteiger partial charge in [0.05, 0.1) is 16.6 Å². The molecule has 0 spiro atoms. The van der Waals surface area contributed by atoms with Crippen LogP contribution in [0.3, 0.4) is 0 Å². The van der Waals surface area contributed by atoms with Gasteiger partial charge in [-0.1, -0.05) is 10.5 Å². The minimum atomic E-state index is -1.40.